The van der Waals surface area contributed by atoms with E-state index in [1.54, 1.807) is 13.0 Å². The molecule has 8 heteroatoms. The Kier molecular flexibility index (Phi) is 5.70. The highest BCUT2D eigenvalue weighted by Crippen LogP contribution is 2.60. The van der Waals surface area contributed by atoms with Gasteiger partial charge < -0.3 is 10.1 Å². The van der Waals surface area contributed by atoms with Crippen molar-refractivity contribution in [1.29, 1.82) is 0 Å². The molecule has 0 aromatic rings. The Morgan fingerprint density at radius 3 is 2.60 bits per heavy atom. The minimum atomic E-state index is -1.13. The normalized spacial score (nSPS) is 28.0. The zero-order chi connectivity index (χ0) is 18.9. The first-order chi connectivity index (χ1) is 11.6. The van der Waals surface area contributed by atoms with Gasteiger partial charge in [0, 0.05) is 0 Å². The van der Waals surface area contributed by atoms with Crippen molar-refractivity contribution in [3.05, 3.63) is 10.6 Å². The molecule has 1 saturated carbocycles. The number of halogens is 2. The fourth-order valence-electron chi connectivity index (χ4n) is 3.17. The minimum Gasteiger partial charge on any atom is -0.440 e. The molecule has 2 rings (SSSR count). The molecule has 1 saturated heterocycles. The molecule has 3 amide bonds. The third kappa shape index (κ3) is 3.78. The molecule has 0 radical (unpaired) electrons. The number of imide groups is 1. The maximum Gasteiger partial charge on any atom is 0.327 e. The number of ether oxygens (including phenoxy) is 1. The summed E-state index contributed by atoms with van der Waals surface area (Å²) in [5, 5.41) is 2.54. The van der Waals surface area contributed by atoms with Gasteiger partial charge >= 0.3 is 12.0 Å². The molecule has 0 bridgehead atoms. The highest BCUT2D eigenvalue weighted by atomic mass is 35.5. The zero-order valence-corrected chi connectivity index (χ0v) is 15.7. The van der Waals surface area contributed by atoms with Crippen molar-refractivity contribution in [2.45, 2.75) is 45.9 Å². The van der Waals surface area contributed by atoms with Crippen molar-refractivity contribution in [2.24, 2.45) is 17.3 Å². The molecule has 25 heavy (non-hydrogen) atoms. The molecule has 1 aliphatic carbocycles. The van der Waals surface area contributed by atoms with Crippen LogP contribution < -0.4 is 5.32 Å². The lowest BCUT2D eigenvalue weighted by Crippen LogP contribution is -2.44. The molecular weight excluding hydrogens is 367 g/mol. The number of terminal acetylenes is 1. The lowest BCUT2D eigenvalue weighted by molar-refractivity contribution is -0.161. The first-order valence-electron chi connectivity index (χ1n) is 7.95. The number of urea groups is 1. The molecule has 6 nitrogen and oxygen atoms in total. The maximum absolute atomic E-state index is 12.5. The van der Waals surface area contributed by atoms with Crippen molar-refractivity contribution in [3.8, 4) is 12.3 Å². The summed E-state index contributed by atoms with van der Waals surface area (Å²) in [5.41, 5.74) is -0.379. The number of allylic oxidation sites excluding steroid dienone is 1. The Labute approximate surface area is 156 Å². The highest BCUT2D eigenvalue weighted by Gasteiger charge is 2.62. The van der Waals surface area contributed by atoms with E-state index < -0.39 is 36.1 Å². The van der Waals surface area contributed by atoms with Crippen molar-refractivity contribution in [3.63, 3.8) is 0 Å². The van der Waals surface area contributed by atoms with E-state index in [2.05, 4.69) is 11.2 Å². The lowest BCUT2D eigenvalue weighted by Gasteiger charge is -2.24. The number of rotatable bonds is 6. The van der Waals surface area contributed by atoms with E-state index in [0.29, 0.717) is 6.42 Å². The Bertz CT molecular complexity index is 664. The summed E-state index contributed by atoms with van der Waals surface area (Å²) in [5.74, 6) is 0.707. The van der Waals surface area contributed by atoms with Gasteiger partial charge in [-0.15, -0.1) is 12.3 Å². The number of hydrogen-bond acceptors (Lipinski definition) is 4. The highest BCUT2D eigenvalue weighted by molar-refractivity contribution is 6.55. The first kappa shape index (κ1) is 19.6. The number of esters is 1. The van der Waals surface area contributed by atoms with Crippen LogP contribution >= 0.6 is 23.2 Å². The fourth-order valence-corrected chi connectivity index (χ4v) is 3.44. The van der Waals surface area contributed by atoms with E-state index in [4.69, 9.17) is 34.4 Å². The van der Waals surface area contributed by atoms with Gasteiger partial charge in [0.2, 0.25) is 0 Å². The van der Waals surface area contributed by atoms with Crippen LogP contribution in [-0.4, -0.2) is 35.1 Å². The van der Waals surface area contributed by atoms with E-state index >= 15 is 0 Å². The Balaban J connectivity index is 2.14. The van der Waals surface area contributed by atoms with Gasteiger partial charge in [-0.1, -0.05) is 44.0 Å². The second kappa shape index (κ2) is 7.27. The molecule has 1 N–H and O–H groups in total. The smallest absolute Gasteiger partial charge is 0.327 e. The number of amides is 3. The van der Waals surface area contributed by atoms with Gasteiger partial charge in [0.1, 0.15) is 10.5 Å². The summed E-state index contributed by atoms with van der Waals surface area (Å²) >= 11 is 11.4. The van der Waals surface area contributed by atoms with Crippen LogP contribution in [-0.2, 0) is 14.3 Å². The van der Waals surface area contributed by atoms with Crippen molar-refractivity contribution < 1.29 is 19.1 Å². The van der Waals surface area contributed by atoms with Gasteiger partial charge in [0.05, 0.1) is 12.3 Å². The van der Waals surface area contributed by atoms with Crippen LogP contribution in [0.15, 0.2) is 10.6 Å². The second-order valence-corrected chi connectivity index (χ2v) is 7.71. The SMILES string of the molecule is C#CCC(OC(=O)C1C(C=C(Cl)Cl)C1(C)C)N1C(=O)NC(CC)C1=O. The first-order valence-corrected chi connectivity index (χ1v) is 8.71. The van der Waals surface area contributed by atoms with Gasteiger partial charge in [-0.05, 0) is 23.8 Å². The number of nitrogens with one attached hydrogen (secondary N) is 1. The Morgan fingerprint density at radius 1 is 1.48 bits per heavy atom. The molecule has 136 valence electrons. The summed E-state index contributed by atoms with van der Waals surface area (Å²) in [7, 11) is 0. The monoisotopic (exact) mass is 386 g/mol. The van der Waals surface area contributed by atoms with Crippen molar-refractivity contribution in [2.75, 3.05) is 0 Å². The summed E-state index contributed by atoms with van der Waals surface area (Å²) in [4.78, 5) is 37.8. The molecule has 1 aliphatic heterocycles. The molecule has 0 aromatic heterocycles. The molecule has 1 heterocycles. The van der Waals surface area contributed by atoms with Gasteiger partial charge in [-0.2, -0.15) is 0 Å². The summed E-state index contributed by atoms with van der Waals surface area (Å²) < 4.78 is 5.50. The van der Waals surface area contributed by atoms with Gasteiger partial charge in [0.15, 0.2) is 6.23 Å². The molecule has 2 fully saturated rings. The summed E-state index contributed by atoms with van der Waals surface area (Å²) in [6, 6.07) is -1.24. The third-order valence-electron chi connectivity index (χ3n) is 4.76. The van der Waals surface area contributed by atoms with Crippen LogP contribution in [0, 0.1) is 29.6 Å². The van der Waals surface area contributed by atoms with Crippen molar-refractivity contribution >= 4 is 41.1 Å². The Morgan fingerprint density at radius 2 is 2.12 bits per heavy atom. The predicted octanol–water partition coefficient (Wildman–Crippen LogP) is 2.80. The minimum absolute atomic E-state index is 0.0773. The van der Waals surface area contributed by atoms with E-state index in [9.17, 15) is 14.4 Å². The van der Waals surface area contributed by atoms with Gasteiger partial charge in [-0.25, -0.2) is 9.69 Å². The molecule has 4 atom stereocenters. The zero-order valence-electron chi connectivity index (χ0n) is 14.2. The third-order valence-corrected chi connectivity index (χ3v) is 5.02. The van der Waals surface area contributed by atoms with E-state index in [1.165, 1.54) is 0 Å². The predicted molar refractivity (Wildman–Crippen MR) is 93.3 cm³/mol. The molecule has 2 aliphatic rings. The molecule has 0 aromatic carbocycles. The van der Waals surface area contributed by atoms with E-state index in [0.717, 1.165) is 4.90 Å². The van der Waals surface area contributed by atoms with Crippen LogP contribution in [0.2, 0.25) is 0 Å². The van der Waals surface area contributed by atoms with Crippen LogP contribution in [0.25, 0.3) is 0 Å². The number of nitrogens with zero attached hydrogens (tertiary/aromatic N) is 1. The Hall–Kier alpha value is -1.71. The standard InChI is InChI=1S/C17H20Cl2N2O4/c1-5-7-12(21-14(22)10(6-2)20-16(21)24)25-15(23)13-9(8-11(18)19)17(13,3)4/h1,8-10,12-13H,6-7H2,2-4H3,(H,20,24). The number of carbonyl (C=O) groups excluding carboxylic acids is 3. The molecule has 4 unspecified atom stereocenters. The van der Waals surface area contributed by atoms with Crippen LogP contribution in [0.3, 0.4) is 0 Å². The van der Waals surface area contributed by atoms with Crippen LogP contribution in [0.4, 0.5) is 4.79 Å². The number of hydrogen-bond donors (Lipinski definition) is 1. The van der Waals surface area contributed by atoms with Crippen molar-refractivity contribution in [1.82, 2.24) is 10.2 Å². The average molecular weight is 387 g/mol. The quantitative estimate of drug-likeness (QED) is 0.432. The summed E-state index contributed by atoms with van der Waals surface area (Å²) in [6.45, 7) is 5.54. The van der Waals surface area contributed by atoms with Gasteiger partial charge in [-0.3, -0.25) is 9.59 Å². The maximum atomic E-state index is 12.5. The fraction of sp³-hybridized carbons (Fsp3) is 0.588. The van der Waals surface area contributed by atoms with Gasteiger partial charge in [0.25, 0.3) is 5.91 Å². The van der Waals surface area contributed by atoms with Crippen LogP contribution in [0.1, 0.15) is 33.6 Å². The average Bonchev–Trinajstić information content (AvgIpc) is 2.90. The van der Waals surface area contributed by atoms with E-state index in [1.807, 2.05) is 13.8 Å². The topological polar surface area (TPSA) is 75.7 Å². The lowest BCUT2D eigenvalue weighted by atomic mass is 10.1. The second-order valence-electron chi connectivity index (χ2n) is 6.70. The molecular formula is C17H20Cl2N2O4. The molecule has 0 spiro atoms. The largest absolute Gasteiger partial charge is 0.440 e. The summed E-state index contributed by atoms with van der Waals surface area (Å²) in [6.07, 6.45) is 6.13. The number of carbonyl (C=O) groups is 3. The van der Waals surface area contributed by atoms with Crippen LogP contribution in [0.5, 0.6) is 0 Å². The van der Waals surface area contributed by atoms with E-state index in [-0.39, 0.29) is 22.2 Å².